The predicted octanol–water partition coefficient (Wildman–Crippen LogP) is 3.76. The van der Waals surface area contributed by atoms with E-state index in [1.54, 1.807) is 26.0 Å². The van der Waals surface area contributed by atoms with Gasteiger partial charge >= 0.3 is 5.97 Å². The van der Waals surface area contributed by atoms with Gasteiger partial charge in [0, 0.05) is 10.6 Å². The summed E-state index contributed by atoms with van der Waals surface area (Å²) in [5.74, 6) is -0.785. The lowest BCUT2D eigenvalue weighted by molar-refractivity contribution is -0.139. The van der Waals surface area contributed by atoms with E-state index < -0.39 is 11.9 Å². The molecule has 0 saturated carbocycles. The Morgan fingerprint density at radius 1 is 1.52 bits per heavy atom. The largest absolute Gasteiger partial charge is 0.495 e. The summed E-state index contributed by atoms with van der Waals surface area (Å²) < 4.78 is 16.5. The Kier molecular flexibility index (Phi) is 5.98. The van der Waals surface area contributed by atoms with Crippen molar-refractivity contribution in [3.8, 4) is 11.8 Å². The number of hydrogen-bond acceptors (Lipinski definition) is 6. The molecule has 25 heavy (non-hydrogen) atoms. The molecular weight excluding hydrogens is 412 g/mol. The zero-order chi connectivity index (χ0) is 18.7. The lowest BCUT2D eigenvalue weighted by Crippen LogP contribution is -2.26. The molecule has 0 aromatic heterocycles. The third kappa shape index (κ3) is 3.60. The van der Waals surface area contributed by atoms with Crippen LogP contribution < -0.4 is 10.5 Å². The topological polar surface area (TPSA) is 94.6 Å². The van der Waals surface area contributed by atoms with Crippen LogP contribution in [0.4, 0.5) is 0 Å². The molecule has 0 spiro atoms. The fourth-order valence-electron chi connectivity index (χ4n) is 2.68. The molecule has 2 N–H and O–H groups in total. The zero-order valence-corrected chi connectivity index (χ0v) is 16.2. The Hall–Kier alpha value is -2.17. The highest BCUT2D eigenvalue weighted by Crippen LogP contribution is 2.46. The van der Waals surface area contributed by atoms with Gasteiger partial charge in [-0.05, 0) is 41.9 Å². The van der Waals surface area contributed by atoms with Crippen LogP contribution >= 0.6 is 27.5 Å². The van der Waals surface area contributed by atoms with Crippen molar-refractivity contribution in [2.75, 3.05) is 13.7 Å². The van der Waals surface area contributed by atoms with Crippen molar-refractivity contribution in [2.45, 2.75) is 19.8 Å². The first-order valence-corrected chi connectivity index (χ1v) is 8.51. The fourth-order valence-corrected chi connectivity index (χ4v) is 3.67. The number of ether oxygens (including phenoxy) is 3. The maximum atomic E-state index is 12.5. The first-order chi connectivity index (χ1) is 11.8. The molecule has 1 aliphatic rings. The molecule has 1 aromatic carbocycles. The molecule has 0 fully saturated rings. The number of allylic oxidation sites excluding steroid dienone is 2. The number of carbonyl (C=O) groups excluding carboxylic acids is 1. The minimum atomic E-state index is -0.817. The van der Waals surface area contributed by atoms with Crippen LogP contribution in [-0.4, -0.2) is 19.7 Å². The number of nitrogens with zero attached hydrogens (tertiary/aromatic N) is 1. The van der Waals surface area contributed by atoms with Crippen molar-refractivity contribution in [2.24, 2.45) is 5.73 Å². The highest BCUT2D eigenvalue weighted by atomic mass is 79.9. The molecule has 1 atom stereocenters. The molecule has 1 heterocycles. The second kappa shape index (κ2) is 7.81. The molecular formula is C17H16BrClN2O4. The number of esters is 1. The van der Waals surface area contributed by atoms with Gasteiger partial charge in [0.25, 0.3) is 0 Å². The Morgan fingerprint density at radius 3 is 2.76 bits per heavy atom. The second-order valence-electron chi connectivity index (χ2n) is 5.13. The smallest absolute Gasteiger partial charge is 0.338 e. The average molecular weight is 428 g/mol. The zero-order valence-electron chi connectivity index (χ0n) is 13.9. The third-order valence-corrected chi connectivity index (χ3v) is 4.46. The summed E-state index contributed by atoms with van der Waals surface area (Å²) >= 11 is 9.55. The van der Waals surface area contributed by atoms with Crippen molar-refractivity contribution in [1.29, 1.82) is 5.26 Å². The highest BCUT2D eigenvalue weighted by molar-refractivity contribution is 9.10. The lowest BCUT2D eigenvalue weighted by Gasteiger charge is -2.28. The monoisotopic (exact) mass is 426 g/mol. The molecule has 132 valence electrons. The van der Waals surface area contributed by atoms with Gasteiger partial charge in [0.05, 0.1) is 29.7 Å². The summed E-state index contributed by atoms with van der Waals surface area (Å²) in [6, 6.07) is 5.29. The van der Waals surface area contributed by atoms with Crippen LogP contribution in [-0.2, 0) is 14.3 Å². The van der Waals surface area contributed by atoms with Crippen LogP contribution in [0.1, 0.15) is 25.3 Å². The van der Waals surface area contributed by atoms with Gasteiger partial charge in [-0.15, -0.1) is 0 Å². The Bertz CT molecular complexity index is 827. The van der Waals surface area contributed by atoms with E-state index in [-0.39, 0.29) is 29.4 Å². The number of methoxy groups -OCH3 is 1. The summed E-state index contributed by atoms with van der Waals surface area (Å²) in [5.41, 5.74) is 6.65. The van der Waals surface area contributed by atoms with Crippen molar-refractivity contribution in [1.82, 2.24) is 0 Å². The number of nitrogens with two attached hydrogens (primary N) is 1. The quantitative estimate of drug-likeness (QED) is 0.735. The predicted molar refractivity (Wildman–Crippen MR) is 95.7 cm³/mol. The first-order valence-electron chi connectivity index (χ1n) is 7.34. The molecule has 0 saturated heterocycles. The highest BCUT2D eigenvalue weighted by Gasteiger charge is 2.38. The van der Waals surface area contributed by atoms with Gasteiger partial charge in [0.15, 0.2) is 0 Å². The van der Waals surface area contributed by atoms with E-state index in [9.17, 15) is 10.1 Å². The third-order valence-electron chi connectivity index (χ3n) is 3.65. The summed E-state index contributed by atoms with van der Waals surface area (Å²) in [5, 5.41) is 9.99. The van der Waals surface area contributed by atoms with Gasteiger partial charge in [0.1, 0.15) is 23.2 Å². The Balaban J connectivity index is 2.78. The number of carbonyl (C=O) groups is 1. The molecule has 6 nitrogen and oxygen atoms in total. The normalized spacial score (nSPS) is 17.0. The van der Waals surface area contributed by atoms with Gasteiger partial charge in [0.2, 0.25) is 5.88 Å². The maximum Gasteiger partial charge on any atom is 0.338 e. The second-order valence-corrected chi connectivity index (χ2v) is 6.42. The standard InChI is InChI=1S/C17H16BrClN2O4/c1-4-24-17(22)13-8(2)25-16(21)11(7-20)14(13)10-5-9(19)6-12(18)15(10)23-3/h5-6,14H,4,21H2,1-3H3. The van der Waals surface area contributed by atoms with E-state index in [1.807, 2.05) is 6.07 Å². The number of nitriles is 1. The van der Waals surface area contributed by atoms with Crippen LogP contribution in [0.3, 0.4) is 0 Å². The van der Waals surface area contributed by atoms with Gasteiger partial charge < -0.3 is 19.9 Å². The molecule has 1 aliphatic heterocycles. The first kappa shape index (κ1) is 19.2. The van der Waals surface area contributed by atoms with Crippen LogP contribution in [0.5, 0.6) is 5.75 Å². The van der Waals surface area contributed by atoms with Gasteiger partial charge in [-0.3, -0.25) is 0 Å². The van der Waals surface area contributed by atoms with E-state index in [4.69, 9.17) is 31.5 Å². The van der Waals surface area contributed by atoms with Crippen LogP contribution in [0.15, 0.2) is 39.4 Å². The Labute approximate surface area is 158 Å². The van der Waals surface area contributed by atoms with Crippen molar-refractivity contribution >= 4 is 33.5 Å². The van der Waals surface area contributed by atoms with E-state index in [2.05, 4.69) is 15.9 Å². The molecule has 0 aliphatic carbocycles. The molecule has 8 heteroatoms. The maximum absolute atomic E-state index is 12.5. The molecule has 2 rings (SSSR count). The Morgan fingerprint density at radius 2 is 2.20 bits per heavy atom. The van der Waals surface area contributed by atoms with Gasteiger partial charge in [-0.2, -0.15) is 5.26 Å². The minimum absolute atomic E-state index is 0.0730. The summed E-state index contributed by atoms with van der Waals surface area (Å²) in [6.45, 7) is 3.46. The molecule has 1 aromatic rings. The molecule has 1 unspecified atom stereocenters. The minimum Gasteiger partial charge on any atom is -0.495 e. The van der Waals surface area contributed by atoms with E-state index in [0.717, 1.165) is 0 Å². The summed E-state index contributed by atoms with van der Waals surface area (Å²) in [7, 11) is 1.48. The molecule has 0 bridgehead atoms. The lowest BCUT2D eigenvalue weighted by atomic mass is 9.82. The summed E-state index contributed by atoms with van der Waals surface area (Å²) in [4.78, 5) is 12.5. The number of rotatable bonds is 4. The van der Waals surface area contributed by atoms with Crippen molar-refractivity contribution < 1.29 is 19.0 Å². The molecule has 0 radical (unpaired) electrons. The van der Waals surface area contributed by atoms with Crippen molar-refractivity contribution in [3.63, 3.8) is 0 Å². The van der Waals surface area contributed by atoms with E-state index in [1.165, 1.54) is 7.11 Å². The SMILES string of the molecule is CCOC(=O)C1=C(C)OC(N)=C(C#N)C1c1cc(Cl)cc(Br)c1OC. The fraction of sp³-hybridized carbons (Fsp3) is 0.294. The van der Waals surface area contributed by atoms with E-state index in [0.29, 0.717) is 20.8 Å². The summed E-state index contributed by atoms with van der Waals surface area (Å²) in [6.07, 6.45) is 0. The number of hydrogen-bond donors (Lipinski definition) is 1. The number of halogens is 2. The van der Waals surface area contributed by atoms with Gasteiger partial charge in [-0.25, -0.2) is 4.79 Å². The van der Waals surface area contributed by atoms with Crippen LogP contribution in [0, 0.1) is 11.3 Å². The van der Waals surface area contributed by atoms with Gasteiger partial charge in [-0.1, -0.05) is 11.6 Å². The van der Waals surface area contributed by atoms with Crippen molar-refractivity contribution in [3.05, 3.63) is 50.0 Å². The number of benzene rings is 1. The van der Waals surface area contributed by atoms with Crippen LogP contribution in [0.25, 0.3) is 0 Å². The van der Waals surface area contributed by atoms with E-state index >= 15 is 0 Å². The molecule has 0 amide bonds. The average Bonchev–Trinajstić information content (AvgIpc) is 2.53. The van der Waals surface area contributed by atoms with Crippen LogP contribution in [0.2, 0.25) is 5.02 Å².